The van der Waals surface area contributed by atoms with Crippen LogP contribution in [0.3, 0.4) is 0 Å². The summed E-state index contributed by atoms with van der Waals surface area (Å²) in [7, 11) is 0. The highest BCUT2D eigenvalue weighted by Crippen LogP contribution is 2.35. The summed E-state index contributed by atoms with van der Waals surface area (Å²) in [5.74, 6) is -0.654. The van der Waals surface area contributed by atoms with Crippen molar-refractivity contribution in [3.8, 4) is 0 Å². The standard InChI is InChI=1S/C20H16ClF4N3O2/c1-10(11-6-7-16(22)15(21)8-11)27-19(30)28-17(20(23,24)25)14-9-26-18(29)13-5-3-2-4-12(13)14/h2-10,17H,1H3,(H,26,29)(H2,27,28,30). The Morgan fingerprint density at radius 1 is 1.10 bits per heavy atom. The van der Waals surface area contributed by atoms with Gasteiger partial charge in [-0.15, -0.1) is 0 Å². The van der Waals surface area contributed by atoms with E-state index in [1.165, 1.54) is 43.3 Å². The summed E-state index contributed by atoms with van der Waals surface area (Å²) in [4.78, 5) is 26.5. The quantitative estimate of drug-likeness (QED) is 0.499. The van der Waals surface area contributed by atoms with E-state index in [1.54, 1.807) is 0 Å². The van der Waals surface area contributed by atoms with E-state index in [-0.39, 0.29) is 21.4 Å². The summed E-state index contributed by atoms with van der Waals surface area (Å²) in [6, 6.07) is 5.32. The molecule has 1 heterocycles. The Hall–Kier alpha value is -3.07. The molecule has 30 heavy (non-hydrogen) atoms. The predicted molar refractivity (Wildman–Crippen MR) is 105 cm³/mol. The molecule has 2 amide bonds. The van der Waals surface area contributed by atoms with Gasteiger partial charge in [0, 0.05) is 17.1 Å². The number of pyridine rings is 1. The zero-order valence-corrected chi connectivity index (χ0v) is 16.2. The molecule has 0 spiro atoms. The van der Waals surface area contributed by atoms with E-state index >= 15 is 0 Å². The van der Waals surface area contributed by atoms with E-state index in [1.807, 2.05) is 5.32 Å². The number of H-pyrrole nitrogens is 1. The van der Waals surface area contributed by atoms with Gasteiger partial charge in [0.15, 0.2) is 6.04 Å². The number of alkyl halides is 3. The van der Waals surface area contributed by atoms with Gasteiger partial charge in [-0.05, 0) is 36.1 Å². The second kappa shape index (κ2) is 8.35. The first-order valence-corrected chi connectivity index (χ1v) is 9.14. The lowest BCUT2D eigenvalue weighted by molar-refractivity contribution is -0.154. The van der Waals surface area contributed by atoms with Crippen molar-refractivity contribution in [1.82, 2.24) is 15.6 Å². The SMILES string of the molecule is CC(NC(=O)NC(c1c[nH]c(=O)c2ccccc12)C(F)(F)F)c1ccc(F)c(Cl)c1. The first-order chi connectivity index (χ1) is 14.1. The predicted octanol–water partition coefficient (Wildman–Crippen LogP) is 4.98. The smallest absolute Gasteiger partial charge is 0.332 e. The number of carbonyl (C=O) groups is 1. The second-order valence-electron chi connectivity index (χ2n) is 6.61. The van der Waals surface area contributed by atoms with Gasteiger partial charge in [-0.25, -0.2) is 9.18 Å². The number of nitrogens with one attached hydrogen (secondary N) is 3. The molecular formula is C20H16ClF4N3O2. The molecule has 2 atom stereocenters. The third kappa shape index (κ3) is 4.56. The largest absolute Gasteiger partial charge is 0.413 e. The van der Waals surface area contributed by atoms with Crippen molar-refractivity contribution in [1.29, 1.82) is 0 Å². The van der Waals surface area contributed by atoms with Gasteiger partial charge in [0.2, 0.25) is 0 Å². The Bertz CT molecular complexity index is 1150. The van der Waals surface area contributed by atoms with Crippen LogP contribution in [0.2, 0.25) is 5.02 Å². The molecular weight excluding hydrogens is 426 g/mol. The molecule has 3 rings (SSSR count). The first kappa shape index (κ1) is 21.6. The van der Waals surface area contributed by atoms with E-state index < -0.39 is 35.7 Å². The highest BCUT2D eigenvalue weighted by atomic mass is 35.5. The van der Waals surface area contributed by atoms with E-state index in [0.717, 1.165) is 12.3 Å². The van der Waals surface area contributed by atoms with E-state index in [4.69, 9.17) is 11.6 Å². The van der Waals surface area contributed by atoms with Crippen LogP contribution in [0.1, 0.15) is 30.1 Å². The number of hydrogen-bond donors (Lipinski definition) is 3. The number of rotatable bonds is 4. The minimum Gasteiger partial charge on any atom is -0.332 e. The van der Waals surface area contributed by atoms with Gasteiger partial charge in [-0.3, -0.25) is 4.79 Å². The molecule has 0 radical (unpaired) electrons. The highest BCUT2D eigenvalue weighted by molar-refractivity contribution is 6.30. The van der Waals surface area contributed by atoms with Crippen LogP contribution in [0.4, 0.5) is 22.4 Å². The fourth-order valence-corrected chi connectivity index (χ4v) is 3.23. The van der Waals surface area contributed by atoms with Crippen molar-refractivity contribution in [3.63, 3.8) is 0 Å². The molecule has 3 N–H and O–H groups in total. The average Bonchev–Trinajstić information content (AvgIpc) is 2.68. The van der Waals surface area contributed by atoms with Gasteiger partial charge in [0.1, 0.15) is 5.82 Å². The number of carbonyl (C=O) groups excluding carboxylic acids is 1. The lowest BCUT2D eigenvalue weighted by Crippen LogP contribution is -2.44. The maximum Gasteiger partial charge on any atom is 0.413 e. The Labute approximate surface area is 173 Å². The lowest BCUT2D eigenvalue weighted by atomic mass is 10.0. The van der Waals surface area contributed by atoms with Crippen molar-refractivity contribution in [2.45, 2.75) is 25.2 Å². The van der Waals surface area contributed by atoms with Crippen molar-refractivity contribution in [3.05, 3.63) is 81.0 Å². The van der Waals surface area contributed by atoms with Gasteiger partial charge >= 0.3 is 12.2 Å². The van der Waals surface area contributed by atoms with Crippen LogP contribution < -0.4 is 16.2 Å². The summed E-state index contributed by atoms with van der Waals surface area (Å²) < 4.78 is 54.6. The zero-order chi connectivity index (χ0) is 22.1. The Morgan fingerprint density at radius 3 is 2.40 bits per heavy atom. The van der Waals surface area contributed by atoms with E-state index in [9.17, 15) is 27.2 Å². The average molecular weight is 442 g/mol. The molecule has 5 nitrogen and oxygen atoms in total. The van der Waals surface area contributed by atoms with Crippen LogP contribution in [-0.4, -0.2) is 17.2 Å². The van der Waals surface area contributed by atoms with Crippen molar-refractivity contribution in [2.75, 3.05) is 0 Å². The summed E-state index contributed by atoms with van der Waals surface area (Å²) in [5.41, 5.74) is -0.429. The van der Waals surface area contributed by atoms with Crippen LogP contribution in [0, 0.1) is 5.82 Å². The number of hydrogen-bond acceptors (Lipinski definition) is 2. The minimum atomic E-state index is -4.83. The zero-order valence-electron chi connectivity index (χ0n) is 15.5. The number of halogens is 5. The van der Waals surface area contributed by atoms with Crippen molar-refractivity contribution in [2.24, 2.45) is 0 Å². The Morgan fingerprint density at radius 2 is 1.77 bits per heavy atom. The third-order valence-electron chi connectivity index (χ3n) is 4.55. The second-order valence-corrected chi connectivity index (χ2v) is 7.01. The molecule has 1 aromatic heterocycles. The van der Waals surface area contributed by atoms with E-state index in [0.29, 0.717) is 5.56 Å². The molecule has 3 aromatic rings. The summed E-state index contributed by atoms with van der Waals surface area (Å²) in [6.45, 7) is 1.52. The van der Waals surface area contributed by atoms with Crippen LogP contribution in [0.5, 0.6) is 0 Å². The van der Waals surface area contributed by atoms with Crippen LogP contribution in [0.25, 0.3) is 10.8 Å². The van der Waals surface area contributed by atoms with Gasteiger partial charge in [-0.2, -0.15) is 13.2 Å². The van der Waals surface area contributed by atoms with E-state index in [2.05, 4.69) is 10.3 Å². The molecule has 0 aliphatic carbocycles. The molecule has 2 aromatic carbocycles. The normalized spacial score (nSPS) is 13.7. The van der Waals surface area contributed by atoms with Gasteiger partial charge in [0.05, 0.1) is 11.1 Å². The van der Waals surface area contributed by atoms with Crippen molar-refractivity contribution < 1.29 is 22.4 Å². The van der Waals surface area contributed by atoms with Gasteiger partial charge in [-0.1, -0.05) is 35.9 Å². The van der Waals surface area contributed by atoms with Crippen LogP contribution in [0.15, 0.2) is 53.5 Å². The molecule has 0 aliphatic heterocycles. The molecule has 10 heteroatoms. The fourth-order valence-electron chi connectivity index (χ4n) is 3.04. The first-order valence-electron chi connectivity index (χ1n) is 8.77. The number of amides is 2. The summed E-state index contributed by atoms with van der Waals surface area (Å²) in [6.07, 6.45) is -3.90. The van der Waals surface area contributed by atoms with Crippen LogP contribution in [-0.2, 0) is 0 Å². The number of aromatic amines is 1. The number of benzene rings is 2. The van der Waals surface area contributed by atoms with Gasteiger partial charge < -0.3 is 15.6 Å². The molecule has 0 fully saturated rings. The molecule has 0 bridgehead atoms. The highest BCUT2D eigenvalue weighted by Gasteiger charge is 2.43. The number of aromatic nitrogens is 1. The number of urea groups is 1. The molecule has 0 aliphatic rings. The summed E-state index contributed by atoms with van der Waals surface area (Å²) >= 11 is 5.71. The topological polar surface area (TPSA) is 74.0 Å². The Kier molecular flexibility index (Phi) is 6.02. The Balaban J connectivity index is 1.88. The molecule has 0 saturated carbocycles. The fraction of sp³-hybridized carbons (Fsp3) is 0.200. The summed E-state index contributed by atoms with van der Waals surface area (Å²) in [5, 5.41) is 4.25. The molecule has 2 unspecified atom stereocenters. The monoisotopic (exact) mass is 441 g/mol. The van der Waals surface area contributed by atoms with Crippen LogP contribution >= 0.6 is 11.6 Å². The molecule has 158 valence electrons. The number of fused-ring (bicyclic) bond motifs is 1. The van der Waals surface area contributed by atoms with Gasteiger partial charge in [0.25, 0.3) is 5.56 Å². The van der Waals surface area contributed by atoms with Crippen molar-refractivity contribution >= 4 is 28.4 Å². The molecule has 0 saturated heterocycles. The third-order valence-corrected chi connectivity index (χ3v) is 4.84. The maximum absolute atomic E-state index is 13.8. The lowest BCUT2D eigenvalue weighted by Gasteiger charge is -2.24. The maximum atomic E-state index is 13.8. The minimum absolute atomic E-state index is 0.0702.